The van der Waals surface area contributed by atoms with Gasteiger partial charge in [-0.05, 0) is 25.7 Å². The molecule has 2 fully saturated rings. The highest BCUT2D eigenvalue weighted by atomic mass is 32.2. The van der Waals surface area contributed by atoms with Gasteiger partial charge in [-0.2, -0.15) is 0 Å². The molecule has 6 nitrogen and oxygen atoms in total. The average Bonchev–Trinajstić information content (AvgIpc) is 2.55. The van der Waals surface area contributed by atoms with Crippen LogP contribution < -0.4 is 0 Å². The molecule has 0 radical (unpaired) electrons. The number of sulfone groups is 1. The number of carbonyl (C=O) groups is 2. The highest BCUT2D eigenvalue weighted by Gasteiger charge is 2.35. The lowest BCUT2D eigenvalue weighted by atomic mass is 10.00. The topological polar surface area (TPSA) is 86.7 Å². The van der Waals surface area contributed by atoms with E-state index in [1.165, 1.54) is 12.8 Å². The van der Waals surface area contributed by atoms with Gasteiger partial charge in [0.15, 0.2) is 9.84 Å². The quantitative estimate of drug-likeness (QED) is 0.563. The van der Waals surface area contributed by atoms with Crippen LogP contribution in [0.2, 0.25) is 0 Å². The molecule has 0 aliphatic heterocycles. The standard InChI is InChI=1S/C12H22O2S.C4H6O4/c13-15(14,11-7-3-1-4-8-11)12-9-5-2-6-10-12;1-3(5)7-8-4(2)6/h11-12H,1-10H2;1-2H3. The summed E-state index contributed by atoms with van der Waals surface area (Å²) in [5.41, 5.74) is 0. The van der Waals surface area contributed by atoms with E-state index in [1.807, 2.05) is 0 Å². The Morgan fingerprint density at radius 1 is 0.696 bits per heavy atom. The number of hydrogen-bond acceptors (Lipinski definition) is 6. The molecule has 0 heterocycles. The summed E-state index contributed by atoms with van der Waals surface area (Å²) in [7, 11) is -2.79. The summed E-state index contributed by atoms with van der Waals surface area (Å²) in [6.07, 6.45) is 10.7. The zero-order valence-corrected chi connectivity index (χ0v) is 14.9. The summed E-state index contributed by atoms with van der Waals surface area (Å²) in [6.45, 7) is 2.28. The van der Waals surface area contributed by atoms with Crippen molar-refractivity contribution in [2.24, 2.45) is 0 Å². The lowest BCUT2D eigenvalue weighted by Gasteiger charge is -2.29. The van der Waals surface area contributed by atoms with Crippen LogP contribution in [-0.2, 0) is 29.2 Å². The van der Waals surface area contributed by atoms with E-state index in [-0.39, 0.29) is 10.5 Å². The van der Waals surface area contributed by atoms with Crippen molar-refractivity contribution < 1.29 is 27.8 Å². The van der Waals surface area contributed by atoms with Gasteiger partial charge in [0.25, 0.3) is 0 Å². The fourth-order valence-corrected chi connectivity index (χ4v) is 5.70. The Morgan fingerprint density at radius 2 is 1.00 bits per heavy atom. The first-order valence-electron chi connectivity index (χ1n) is 8.42. The molecular formula is C16H28O6S. The Bertz CT molecular complexity index is 435. The smallest absolute Gasteiger partial charge is 0.248 e. The van der Waals surface area contributed by atoms with Crippen LogP contribution in [0.25, 0.3) is 0 Å². The third-order valence-electron chi connectivity index (χ3n) is 4.31. The van der Waals surface area contributed by atoms with Gasteiger partial charge in [-0.1, -0.05) is 38.5 Å². The van der Waals surface area contributed by atoms with Gasteiger partial charge in [-0.3, -0.25) is 0 Å². The first-order chi connectivity index (χ1) is 10.8. The number of hydrogen-bond donors (Lipinski definition) is 0. The van der Waals surface area contributed by atoms with Crippen molar-refractivity contribution in [3.8, 4) is 0 Å². The zero-order chi connectivity index (χ0) is 17.3. The van der Waals surface area contributed by atoms with Crippen molar-refractivity contribution >= 4 is 21.8 Å². The fraction of sp³-hybridized carbons (Fsp3) is 0.875. The van der Waals surface area contributed by atoms with Gasteiger partial charge in [0, 0.05) is 13.8 Å². The minimum atomic E-state index is -2.79. The monoisotopic (exact) mass is 348 g/mol. The predicted molar refractivity (Wildman–Crippen MR) is 86.2 cm³/mol. The van der Waals surface area contributed by atoms with Crippen molar-refractivity contribution in [2.75, 3.05) is 0 Å². The molecule has 23 heavy (non-hydrogen) atoms. The Morgan fingerprint density at radius 3 is 1.26 bits per heavy atom. The second-order valence-corrected chi connectivity index (χ2v) is 8.77. The van der Waals surface area contributed by atoms with E-state index < -0.39 is 21.8 Å². The summed E-state index contributed by atoms with van der Waals surface area (Å²) in [6, 6.07) is 0. The highest BCUT2D eigenvalue weighted by molar-refractivity contribution is 7.92. The number of rotatable bonds is 2. The maximum atomic E-state index is 12.3. The molecule has 2 saturated carbocycles. The Balaban J connectivity index is 0.000000284. The predicted octanol–water partition coefficient (Wildman–Crippen LogP) is 3.09. The molecule has 0 unspecified atom stereocenters. The third kappa shape index (κ3) is 7.33. The SMILES string of the molecule is CC(=O)OOC(C)=O.O=S(=O)(C1CCCCC1)C1CCCCC1. The molecule has 2 rings (SSSR count). The average molecular weight is 348 g/mol. The summed E-state index contributed by atoms with van der Waals surface area (Å²) >= 11 is 0. The molecular weight excluding hydrogens is 320 g/mol. The molecule has 2 aliphatic carbocycles. The van der Waals surface area contributed by atoms with Gasteiger partial charge >= 0.3 is 11.9 Å². The fourth-order valence-electron chi connectivity index (χ4n) is 3.18. The second-order valence-electron chi connectivity index (χ2n) is 6.26. The minimum Gasteiger partial charge on any atom is -0.248 e. The van der Waals surface area contributed by atoms with Crippen LogP contribution in [0.3, 0.4) is 0 Å². The molecule has 7 heteroatoms. The van der Waals surface area contributed by atoms with Crippen molar-refractivity contribution in [3.63, 3.8) is 0 Å². The molecule has 0 spiro atoms. The van der Waals surface area contributed by atoms with Crippen molar-refractivity contribution in [2.45, 2.75) is 88.6 Å². The van der Waals surface area contributed by atoms with E-state index >= 15 is 0 Å². The Hall–Kier alpha value is -1.11. The maximum Gasteiger partial charge on any atom is 0.352 e. The van der Waals surface area contributed by atoms with Crippen molar-refractivity contribution in [1.82, 2.24) is 0 Å². The first-order valence-corrected chi connectivity index (χ1v) is 10.0. The summed E-state index contributed by atoms with van der Waals surface area (Å²) in [5.74, 6) is -1.28. The van der Waals surface area contributed by atoms with Crippen LogP contribution in [0.5, 0.6) is 0 Å². The van der Waals surface area contributed by atoms with E-state index in [4.69, 9.17) is 0 Å². The van der Waals surface area contributed by atoms with Gasteiger partial charge in [-0.15, -0.1) is 0 Å². The van der Waals surface area contributed by atoms with Gasteiger partial charge < -0.3 is 0 Å². The normalized spacial score (nSPS) is 20.1. The van der Waals surface area contributed by atoms with E-state index in [1.54, 1.807) is 0 Å². The van der Waals surface area contributed by atoms with Gasteiger partial charge in [0.2, 0.25) is 0 Å². The van der Waals surface area contributed by atoms with Crippen molar-refractivity contribution in [1.29, 1.82) is 0 Å². The molecule has 0 N–H and O–H groups in total. The van der Waals surface area contributed by atoms with E-state index in [9.17, 15) is 18.0 Å². The molecule has 0 aromatic carbocycles. The van der Waals surface area contributed by atoms with E-state index in [2.05, 4.69) is 9.78 Å². The van der Waals surface area contributed by atoms with E-state index in [0.717, 1.165) is 65.2 Å². The van der Waals surface area contributed by atoms with Crippen LogP contribution in [-0.4, -0.2) is 30.9 Å². The highest BCUT2D eigenvalue weighted by Crippen LogP contribution is 2.32. The summed E-state index contributed by atoms with van der Waals surface area (Å²) in [4.78, 5) is 27.3. The van der Waals surface area contributed by atoms with Crippen molar-refractivity contribution in [3.05, 3.63) is 0 Å². The third-order valence-corrected chi connectivity index (χ3v) is 7.11. The zero-order valence-electron chi connectivity index (χ0n) is 14.1. The number of carbonyl (C=O) groups excluding carboxylic acids is 2. The molecule has 2 aliphatic rings. The minimum absolute atomic E-state index is 0.00866. The molecule has 0 atom stereocenters. The van der Waals surface area contributed by atoms with Crippen LogP contribution >= 0.6 is 0 Å². The second kappa shape index (κ2) is 9.90. The molecule has 0 amide bonds. The lowest BCUT2D eigenvalue weighted by Crippen LogP contribution is -2.34. The van der Waals surface area contributed by atoms with Crippen LogP contribution in [0.4, 0.5) is 0 Å². The summed E-state index contributed by atoms with van der Waals surface area (Å²) < 4.78 is 24.7. The molecule has 0 saturated heterocycles. The molecule has 0 bridgehead atoms. The van der Waals surface area contributed by atoms with Gasteiger partial charge in [0.05, 0.1) is 10.5 Å². The van der Waals surface area contributed by atoms with Gasteiger partial charge in [-0.25, -0.2) is 27.8 Å². The largest absolute Gasteiger partial charge is 0.352 e. The summed E-state index contributed by atoms with van der Waals surface area (Å²) in [5, 5.41) is 0.0173. The maximum absolute atomic E-state index is 12.3. The van der Waals surface area contributed by atoms with Crippen LogP contribution in [0, 0.1) is 0 Å². The molecule has 134 valence electrons. The Kier molecular flexibility index (Phi) is 8.58. The lowest BCUT2D eigenvalue weighted by molar-refractivity contribution is -0.255. The first kappa shape index (κ1) is 19.9. The van der Waals surface area contributed by atoms with Crippen LogP contribution in [0.15, 0.2) is 0 Å². The Labute approximate surface area is 138 Å². The van der Waals surface area contributed by atoms with E-state index in [0.29, 0.717) is 0 Å². The molecule has 0 aromatic rings. The van der Waals surface area contributed by atoms with Crippen LogP contribution in [0.1, 0.15) is 78.1 Å². The molecule has 0 aromatic heterocycles. The van der Waals surface area contributed by atoms with Gasteiger partial charge in [0.1, 0.15) is 0 Å².